The van der Waals surface area contributed by atoms with Crippen molar-refractivity contribution in [2.45, 2.75) is 27.0 Å². The van der Waals surface area contributed by atoms with Crippen molar-refractivity contribution in [3.05, 3.63) is 94.8 Å². The topological polar surface area (TPSA) is 73.6 Å². The van der Waals surface area contributed by atoms with Crippen molar-refractivity contribution in [2.75, 3.05) is 0 Å². The normalized spacial score (nSPS) is 13.9. The number of aryl methyl sites for hydroxylation is 2. The molecule has 5 rings (SSSR count). The lowest BCUT2D eigenvalue weighted by Crippen LogP contribution is -2.03. The fourth-order valence-corrected chi connectivity index (χ4v) is 4.26. The molecule has 1 aromatic heterocycles. The van der Waals surface area contributed by atoms with Crippen LogP contribution in [0.15, 0.2) is 67.0 Å². The number of fused-ring (bicyclic) bond motifs is 3. The molecule has 160 valence electrons. The van der Waals surface area contributed by atoms with Gasteiger partial charge < -0.3 is 19.1 Å². The fraction of sp³-hybridized carbons (Fsp3) is 0.154. The number of hydrogen-bond donors (Lipinski definition) is 1. The monoisotopic (exact) mass is 426 g/mol. The number of ether oxygens (including phenoxy) is 2. The van der Waals surface area contributed by atoms with Gasteiger partial charge in [-0.05, 0) is 59.9 Å². The Kier molecular flexibility index (Phi) is 4.90. The van der Waals surface area contributed by atoms with Gasteiger partial charge in [0.2, 0.25) is 0 Å². The number of hydrogen-bond acceptors (Lipinski definition) is 4. The highest BCUT2D eigenvalue weighted by Crippen LogP contribution is 2.39. The Labute approximate surface area is 185 Å². The number of nitrogens with zero attached hydrogens (tertiary/aromatic N) is 2. The van der Waals surface area contributed by atoms with E-state index in [4.69, 9.17) is 14.6 Å². The van der Waals surface area contributed by atoms with E-state index in [0.717, 1.165) is 38.9 Å². The average Bonchev–Trinajstić information content (AvgIpc) is 3.15. The first kappa shape index (κ1) is 19.9. The van der Waals surface area contributed by atoms with Crippen molar-refractivity contribution in [3.63, 3.8) is 0 Å². The lowest BCUT2D eigenvalue weighted by atomic mass is 9.94. The lowest BCUT2D eigenvalue weighted by Gasteiger charge is -2.13. The number of benzene rings is 3. The summed E-state index contributed by atoms with van der Waals surface area (Å²) < 4.78 is 13.1. The summed E-state index contributed by atoms with van der Waals surface area (Å²) in [6, 6.07) is 17.4. The molecular formula is C26H22N2O4. The molecule has 0 saturated carbocycles. The molecule has 0 saturated heterocycles. The minimum atomic E-state index is -1.35. The van der Waals surface area contributed by atoms with Crippen molar-refractivity contribution in [1.82, 2.24) is 9.55 Å². The van der Waals surface area contributed by atoms with Crippen molar-refractivity contribution in [3.8, 4) is 11.5 Å². The molecule has 1 N–H and O–H groups in total. The minimum Gasteiger partial charge on any atom is -0.488 e. The van der Waals surface area contributed by atoms with Crippen LogP contribution in [0.5, 0.6) is 11.5 Å². The molecule has 1 aliphatic rings. The van der Waals surface area contributed by atoms with Gasteiger partial charge in [0.05, 0.1) is 17.4 Å². The van der Waals surface area contributed by atoms with Gasteiger partial charge in [-0.15, -0.1) is 0 Å². The Morgan fingerprint density at radius 1 is 1.12 bits per heavy atom. The first-order valence-corrected chi connectivity index (χ1v) is 10.4. The third kappa shape index (κ3) is 3.50. The largest absolute Gasteiger partial charge is 0.511 e. The Hall–Kier alpha value is -4.06. The summed E-state index contributed by atoms with van der Waals surface area (Å²) in [5.41, 5.74) is 8.32. The third-order valence-corrected chi connectivity index (χ3v) is 5.80. The second-order valence-corrected chi connectivity index (χ2v) is 7.88. The van der Waals surface area contributed by atoms with Gasteiger partial charge in [-0.25, -0.2) is 9.78 Å². The van der Waals surface area contributed by atoms with Gasteiger partial charge in [0.15, 0.2) is 0 Å². The quantitative estimate of drug-likeness (QED) is 0.334. The maximum Gasteiger partial charge on any atom is 0.511 e. The van der Waals surface area contributed by atoms with Crippen LogP contribution in [0.4, 0.5) is 4.79 Å². The molecule has 0 bridgehead atoms. The molecular weight excluding hydrogens is 404 g/mol. The van der Waals surface area contributed by atoms with E-state index in [1.54, 1.807) is 18.2 Å². The third-order valence-electron chi connectivity index (χ3n) is 5.80. The van der Waals surface area contributed by atoms with Crippen molar-refractivity contribution in [1.29, 1.82) is 0 Å². The van der Waals surface area contributed by atoms with Crippen LogP contribution in [0.3, 0.4) is 0 Å². The van der Waals surface area contributed by atoms with Crippen molar-refractivity contribution in [2.24, 2.45) is 0 Å². The van der Waals surface area contributed by atoms with Crippen LogP contribution < -0.4 is 9.47 Å². The Morgan fingerprint density at radius 2 is 1.94 bits per heavy atom. The first-order chi connectivity index (χ1) is 15.5. The van der Waals surface area contributed by atoms with Crippen LogP contribution in [0, 0.1) is 13.8 Å². The molecule has 6 heteroatoms. The molecule has 2 heterocycles. The molecule has 1 aliphatic heterocycles. The minimum absolute atomic E-state index is 0.254. The van der Waals surface area contributed by atoms with Crippen LogP contribution in [0.2, 0.25) is 0 Å². The number of allylic oxidation sites excluding steroid dienone is 1. The summed E-state index contributed by atoms with van der Waals surface area (Å²) in [5, 5.41) is 9.05. The molecule has 6 nitrogen and oxygen atoms in total. The molecule has 0 unspecified atom stereocenters. The van der Waals surface area contributed by atoms with E-state index >= 15 is 0 Å². The van der Waals surface area contributed by atoms with Crippen LogP contribution in [-0.4, -0.2) is 20.8 Å². The van der Waals surface area contributed by atoms with Crippen LogP contribution >= 0.6 is 0 Å². The molecule has 0 spiro atoms. The molecule has 0 aliphatic carbocycles. The summed E-state index contributed by atoms with van der Waals surface area (Å²) in [5.74, 6) is 0.942. The zero-order valence-electron chi connectivity index (χ0n) is 17.8. The van der Waals surface area contributed by atoms with Crippen molar-refractivity contribution >= 4 is 22.8 Å². The van der Waals surface area contributed by atoms with Gasteiger partial charge in [0, 0.05) is 12.1 Å². The van der Waals surface area contributed by atoms with Crippen LogP contribution in [-0.2, 0) is 13.2 Å². The van der Waals surface area contributed by atoms with Crippen molar-refractivity contribution < 1.29 is 19.4 Å². The van der Waals surface area contributed by atoms with Gasteiger partial charge in [-0.3, -0.25) is 0 Å². The smallest absolute Gasteiger partial charge is 0.488 e. The molecule has 32 heavy (non-hydrogen) atoms. The van der Waals surface area contributed by atoms with E-state index in [1.807, 2.05) is 24.5 Å². The lowest BCUT2D eigenvalue weighted by molar-refractivity contribution is 0.144. The van der Waals surface area contributed by atoms with E-state index < -0.39 is 6.16 Å². The summed E-state index contributed by atoms with van der Waals surface area (Å²) in [4.78, 5) is 15.7. The number of carboxylic acid groups (broad SMARTS) is 1. The summed E-state index contributed by atoms with van der Waals surface area (Å²) >= 11 is 0. The maximum absolute atomic E-state index is 11.1. The second kappa shape index (κ2) is 7.89. The predicted octanol–water partition coefficient (Wildman–Crippen LogP) is 5.73. The van der Waals surface area contributed by atoms with Crippen LogP contribution in [0.25, 0.3) is 16.6 Å². The Morgan fingerprint density at radius 3 is 2.78 bits per heavy atom. The summed E-state index contributed by atoms with van der Waals surface area (Å²) in [6.45, 7) is 5.20. The van der Waals surface area contributed by atoms with Gasteiger partial charge in [-0.1, -0.05) is 42.5 Å². The van der Waals surface area contributed by atoms with Gasteiger partial charge in [0.25, 0.3) is 0 Å². The molecule has 0 fully saturated rings. The highest BCUT2D eigenvalue weighted by atomic mass is 16.7. The molecule has 0 atom stereocenters. The molecule has 0 radical (unpaired) electrons. The standard InChI is InChI=1S/C26H22N2O4/c1-16-7-8-17(2)25-24(16)27-15-28(25)12-11-21-20-6-4-3-5-18(20)14-31-23-10-9-19(13-22(21)23)32-26(29)30/h3-11,13,15H,12,14H2,1-2H3,(H,29,30). The highest BCUT2D eigenvalue weighted by molar-refractivity contribution is 5.86. The summed E-state index contributed by atoms with van der Waals surface area (Å²) in [6.07, 6.45) is 2.66. The van der Waals surface area contributed by atoms with E-state index in [2.05, 4.69) is 47.7 Å². The van der Waals surface area contributed by atoms with Gasteiger partial charge in [0.1, 0.15) is 18.1 Å². The summed E-state index contributed by atoms with van der Waals surface area (Å²) in [7, 11) is 0. The van der Waals surface area contributed by atoms with E-state index in [9.17, 15) is 4.79 Å². The number of rotatable bonds is 3. The fourth-order valence-electron chi connectivity index (χ4n) is 4.26. The SMILES string of the molecule is Cc1ccc(C)c2c1ncn2CC=C1c2ccccc2COc2ccc(OC(=O)O)cc21. The number of aromatic nitrogens is 2. The predicted molar refractivity (Wildman–Crippen MR) is 122 cm³/mol. The molecule has 0 amide bonds. The number of carbonyl (C=O) groups is 1. The van der Waals surface area contributed by atoms with E-state index in [-0.39, 0.29) is 5.75 Å². The second-order valence-electron chi connectivity index (χ2n) is 7.88. The zero-order chi connectivity index (χ0) is 22.2. The maximum atomic E-state index is 11.1. The molecule has 3 aromatic carbocycles. The van der Waals surface area contributed by atoms with Crippen LogP contribution in [0.1, 0.15) is 27.8 Å². The van der Waals surface area contributed by atoms with Gasteiger partial charge in [-0.2, -0.15) is 0 Å². The number of imidazole rings is 1. The molecule has 4 aromatic rings. The highest BCUT2D eigenvalue weighted by Gasteiger charge is 2.20. The Balaban J connectivity index is 1.65. The first-order valence-electron chi connectivity index (χ1n) is 10.4. The zero-order valence-corrected chi connectivity index (χ0v) is 17.8. The van der Waals surface area contributed by atoms with E-state index in [1.165, 1.54) is 5.56 Å². The van der Waals surface area contributed by atoms with Gasteiger partial charge >= 0.3 is 6.16 Å². The van der Waals surface area contributed by atoms with E-state index in [0.29, 0.717) is 18.9 Å². The Bertz CT molecular complexity index is 1380. The average molecular weight is 426 g/mol.